The lowest BCUT2D eigenvalue weighted by molar-refractivity contribution is 0.0988. The minimum Gasteiger partial charge on any atom is -0.363 e. The molecule has 2 amide bonds. The van der Waals surface area contributed by atoms with Crippen LogP contribution in [0.25, 0.3) is 5.69 Å². The average molecular weight is 349 g/mol. The van der Waals surface area contributed by atoms with Crippen LogP contribution in [0.1, 0.15) is 20.3 Å². The number of hydrogen-bond donors (Lipinski definition) is 2. The van der Waals surface area contributed by atoms with Gasteiger partial charge in [0.25, 0.3) is 17.6 Å². The molecule has 0 fully saturated rings. The number of benzene rings is 1. The highest BCUT2D eigenvalue weighted by molar-refractivity contribution is 7.18. The predicted molar refractivity (Wildman–Crippen MR) is 85.0 cm³/mol. The number of rotatable bonds is 4. The first kappa shape index (κ1) is 15.1. The highest BCUT2D eigenvalue weighted by atomic mass is 35.5. The van der Waals surface area contributed by atoms with Crippen molar-refractivity contribution in [1.82, 2.24) is 20.2 Å². The number of carbonyl (C=O) groups is 2. The maximum absolute atomic E-state index is 12.0. The van der Waals surface area contributed by atoms with E-state index in [9.17, 15) is 9.59 Å². The smallest absolute Gasteiger partial charge is 0.290 e. The van der Waals surface area contributed by atoms with E-state index in [0.717, 1.165) is 0 Å². The number of aromatic nitrogens is 4. The molecule has 0 aliphatic heterocycles. The largest absolute Gasteiger partial charge is 0.363 e. The number of amides is 2. The lowest BCUT2D eigenvalue weighted by Crippen LogP contribution is -2.13. The van der Waals surface area contributed by atoms with Crippen LogP contribution in [0.4, 0.5) is 5.69 Å². The maximum atomic E-state index is 12.0. The van der Waals surface area contributed by atoms with Gasteiger partial charge in [-0.05, 0) is 41.6 Å². The van der Waals surface area contributed by atoms with Gasteiger partial charge in [-0.2, -0.15) is 0 Å². The molecule has 0 aliphatic carbocycles. The summed E-state index contributed by atoms with van der Waals surface area (Å²) < 4.78 is 0.549. The van der Waals surface area contributed by atoms with E-state index >= 15 is 0 Å². The van der Waals surface area contributed by atoms with Crippen molar-refractivity contribution in [2.24, 2.45) is 5.73 Å². The summed E-state index contributed by atoms with van der Waals surface area (Å²) in [4.78, 5) is 24.6. The zero-order chi connectivity index (χ0) is 16.4. The van der Waals surface area contributed by atoms with E-state index in [0.29, 0.717) is 20.6 Å². The van der Waals surface area contributed by atoms with E-state index in [1.807, 2.05) is 0 Å². The quantitative estimate of drug-likeness (QED) is 0.744. The van der Waals surface area contributed by atoms with Gasteiger partial charge in [0.1, 0.15) is 0 Å². The number of hydrogen-bond acceptors (Lipinski definition) is 6. The van der Waals surface area contributed by atoms with Crippen LogP contribution in [-0.2, 0) is 0 Å². The van der Waals surface area contributed by atoms with Crippen molar-refractivity contribution < 1.29 is 9.59 Å². The van der Waals surface area contributed by atoms with Crippen molar-refractivity contribution in [1.29, 1.82) is 0 Å². The van der Waals surface area contributed by atoms with E-state index in [-0.39, 0.29) is 11.7 Å². The molecular weight excluding hydrogens is 340 g/mol. The van der Waals surface area contributed by atoms with Crippen LogP contribution in [0.15, 0.2) is 36.4 Å². The summed E-state index contributed by atoms with van der Waals surface area (Å²) in [6.07, 6.45) is 0. The zero-order valence-corrected chi connectivity index (χ0v) is 13.0. The van der Waals surface area contributed by atoms with Gasteiger partial charge in [0, 0.05) is 5.69 Å². The summed E-state index contributed by atoms with van der Waals surface area (Å²) in [6, 6.07) is 10.0. The fourth-order valence-corrected chi connectivity index (χ4v) is 2.67. The number of halogens is 1. The standard InChI is InChI=1S/C13H9ClN6O2S/c14-10-6-5-9(23-10)13(22)16-7-1-3-8(4-2-7)20-18-12(11(15)21)17-19-20/h1-6H,(H2,15,21)(H,16,22). The molecular formula is C13H9ClN6O2S. The Labute approximate surface area is 138 Å². The molecule has 0 aliphatic rings. The molecule has 116 valence electrons. The lowest BCUT2D eigenvalue weighted by atomic mass is 10.3. The number of thiophene rings is 1. The Morgan fingerprint density at radius 3 is 2.48 bits per heavy atom. The second-order valence-electron chi connectivity index (χ2n) is 4.37. The number of nitrogens with two attached hydrogens (primary N) is 1. The number of anilines is 1. The molecule has 0 radical (unpaired) electrons. The molecule has 0 bridgehead atoms. The van der Waals surface area contributed by atoms with E-state index < -0.39 is 5.91 Å². The number of nitrogens with one attached hydrogen (secondary N) is 1. The minimum atomic E-state index is -0.755. The highest BCUT2D eigenvalue weighted by Gasteiger charge is 2.11. The SMILES string of the molecule is NC(=O)c1nnn(-c2ccc(NC(=O)c3ccc(Cl)s3)cc2)n1. The topological polar surface area (TPSA) is 116 Å². The molecule has 2 heterocycles. The monoisotopic (exact) mass is 348 g/mol. The summed E-state index contributed by atoms with van der Waals surface area (Å²) in [7, 11) is 0. The number of primary amides is 1. The molecule has 0 saturated carbocycles. The molecule has 0 unspecified atom stereocenters. The van der Waals surface area contributed by atoms with Gasteiger partial charge in [0.15, 0.2) is 0 Å². The number of carbonyl (C=O) groups excluding carboxylic acids is 2. The lowest BCUT2D eigenvalue weighted by Gasteiger charge is -2.04. The molecule has 0 saturated heterocycles. The first-order valence-electron chi connectivity index (χ1n) is 6.30. The van der Waals surface area contributed by atoms with Crippen molar-refractivity contribution in [3.8, 4) is 5.69 Å². The van der Waals surface area contributed by atoms with Gasteiger partial charge in [-0.15, -0.1) is 26.3 Å². The van der Waals surface area contributed by atoms with Crippen LogP contribution in [-0.4, -0.2) is 32.0 Å². The predicted octanol–water partition coefficient (Wildman–Crippen LogP) is 1.73. The highest BCUT2D eigenvalue weighted by Crippen LogP contribution is 2.22. The summed E-state index contributed by atoms with van der Waals surface area (Å²) >= 11 is 7.00. The third kappa shape index (κ3) is 3.35. The van der Waals surface area contributed by atoms with Crippen LogP contribution in [0.3, 0.4) is 0 Å². The summed E-state index contributed by atoms with van der Waals surface area (Å²) in [5, 5.41) is 13.8. The zero-order valence-electron chi connectivity index (χ0n) is 11.4. The normalized spacial score (nSPS) is 10.5. The van der Waals surface area contributed by atoms with Gasteiger partial charge >= 0.3 is 0 Å². The second-order valence-corrected chi connectivity index (χ2v) is 6.09. The van der Waals surface area contributed by atoms with E-state index in [1.165, 1.54) is 16.1 Å². The minimum absolute atomic E-state index is 0.169. The van der Waals surface area contributed by atoms with Crippen LogP contribution in [0.5, 0.6) is 0 Å². The fourth-order valence-electron chi connectivity index (χ4n) is 1.73. The summed E-state index contributed by atoms with van der Waals surface area (Å²) in [6.45, 7) is 0. The van der Waals surface area contributed by atoms with Crippen molar-refractivity contribution in [2.45, 2.75) is 0 Å². The van der Waals surface area contributed by atoms with E-state index in [1.54, 1.807) is 36.4 Å². The molecule has 2 aromatic heterocycles. The van der Waals surface area contributed by atoms with Crippen molar-refractivity contribution in [3.05, 3.63) is 51.4 Å². The molecule has 23 heavy (non-hydrogen) atoms. The van der Waals surface area contributed by atoms with Gasteiger partial charge in [-0.25, -0.2) is 0 Å². The molecule has 10 heteroatoms. The van der Waals surface area contributed by atoms with Crippen molar-refractivity contribution in [3.63, 3.8) is 0 Å². The fraction of sp³-hybridized carbons (Fsp3) is 0. The van der Waals surface area contributed by atoms with Crippen LogP contribution in [0.2, 0.25) is 4.34 Å². The Balaban J connectivity index is 1.74. The molecule has 3 aromatic rings. The summed E-state index contributed by atoms with van der Waals surface area (Å²) in [5.74, 6) is -1.17. The molecule has 1 aromatic carbocycles. The van der Waals surface area contributed by atoms with Crippen LogP contribution >= 0.6 is 22.9 Å². The Bertz CT molecular complexity index is 873. The Morgan fingerprint density at radius 2 is 1.91 bits per heavy atom. The third-order valence-corrected chi connectivity index (χ3v) is 4.02. The first-order valence-corrected chi connectivity index (χ1v) is 7.49. The third-order valence-electron chi connectivity index (χ3n) is 2.79. The molecule has 8 nitrogen and oxygen atoms in total. The van der Waals surface area contributed by atoms with Crippen LogP contribution in [0, 0.1) is 0 Å². The van der Waals surface area contributed by atoms with E-state index in [2.05, 4.69) is 20.7 Å². The molecule has 3 N–H and O–H groups in total. The summed E-state index contributed by atoms with van der Waals surface area (Å²) in [5.41, 5.74) is 6.24. The Hall–Kier alpha value is -2.78. The van der Waals surface area contributed by atoms with Crippen molar-refractivity contribution >= 4 is 40.4 Å². The molecule has 0 atom stereocenters. The van der Waals surface area contributed by atoms with Crippen LogP contribution < -0.4 is 11.1 Å². The van der Waals surface area contributed by atoms with Gasteiger partial charge in [-0.1, -0.05) is 11.6 Å². The number of tetrazole rings is 1. The van der Waals surface area contributed by atoms with Gasteiger partial charge < -0.3 is 11.1 Å². The maximum Gasteiger partial charge on any atom is 0.290 e. The average Bonchev–Trinajstić information content (AvgIpc) is 3.17. The molecule has 3 rings (SSSR count). The molecule has 0 spiro atoms. The van der Waals surface area contributed by atoms with E-state index in [4.69, 9.17) is 17.3 Å². The second kappa shape index (κ2) is 6.15. The Morgan fingerprint density at radius 1 is 1.17 bits per heavy atom. The number of nitrogens with zero attached hydrogens (tertiary/aromatic N) is 4. The first-order chi connectivity index (χ1) is 11.0. The van der Waals surface area contributed by atoms with Gasteiger partial charge in [0.2, 0.25) is 0 Å². The van der Waals surface area contributed by atoms with Gasteiger partial charge in [-0.3, -0.25) is 9.59 Å². The van der Waals surface area contributed by atoms with Gasteiger partial charge in [0.05, 0.1) is 14.9 Å². The Kier molecular flexibility index (Phi) is 4.04. The van der Waals surface area contributed by atoms with Crippen molar-refractivity contribution in [2.75, 3.05) is 5.32 Å².